The van der Waals surface area contributed by atoms with Gasteiger partial charge in [-0.15, -0.1) is 22.7 Å². The first-order valence-corrected chi connectivity index (χ1v) is 8.95. The number of hydrogen-bond acceptors (Lipinski definition) is 6. The first-order chi connectivity index (χ1) is 10.8. The predicted molar refractivity (Wildman–Crippen MR) is 94.0 cm³/mol. The average Bonchev–Trinajstić information content (AvgIpc) is 3.21. The molecule has 0 N–H and O–H groups in total. The van der Waals surface area contributed by atoms with E-state index in [9.17, 15) is 0 Å². The SMILES string of the molecule is CN1CCN(Cc2csc(-c3cccs3)n2)c2cnccc21. The van der Waals surface area contributed by atoms with E-state index < -0.39 is 0 Å². The lowest BCUT2D eigenvalue weighted by Crippen LogP contribution is -2.38. The summed E-state index contributed by atoms with van der Waals surface area (Å²) in [6.45, 7) is 2.87. The van der Waals surface area contributed by atoms with Crippen molar-refractivity contribution < 1.29 is 0 Å². The number of aromatic nitrogens is 2. The molecule has 0 bridgehead atoms. The number of likely N-dealkylation sites (N-methyl/N-ethyl adjacent to an activating group) is 1. The van der Waals surface area contributed by atoms with Gasteiger partial charge < -0.3 is 9.80 Å². The van der Waals surface area contributed by atoms with E-state index in [1.807, 2.05) is 12.4 Å². The first-order valence-electron chi connectivity index (χ1n) is 7.19. The minimum atomic E-state index is 0.842. The van der Waals surface area contributed by atoms with E-state index in [1.54, 1.807) is 22.7 Å². The number of hydrogen-bond donors (Lipinski definition) is 0. The normalized spacial score (nSPS) is 14.2. The van der Waals surface area contributed by atoms with Crippen molar-refractivity contribution in [3.8, 4) is 9.88 Å². The highest BCUT2D eigenvalue weighted by Gasteiger charge is 2.21. The molecule has 3 aromatic heterocycles. The molecule has 22 heavy (non-hydrogen) atoms. The van der Waals surface area contributed by atoms with Crippen LogP contribution < -0.4 is 9.80 Å². The minimum absolute atomic E-state index is 0.842. The van der Waals surface area contributed by atoms with Gasteiger partial charge in [-0.05, 0) is 17.5 Å². The van der Waals surface area contributed by atoms with Crippen LogP contribution in [0.1, 0.15) is 5.69 Å². The van der Waals surface area contributed by atoms with Crippen LogP contribution in [0.15, 0.2) is 41.4 Å². The van der Waals surface area contributed by atoms with Crippen LogP contribution >= 0.6 is 22.7 Å². The molecule has 0 aromatic carbocycles. The number of thiophene rings is 1. The lowest BCUT2D eigenvalue weighted by atomic mass is 10.2. The summed E-state index contributed by atoms with van der Waals surface area (Å²) in [4.78, 5) is 15.0. The maximum atomic E-state index is 4.79. The van der Waals surface area contributed by atoms with Crippen LogP contribution in [-0.2, 0) is 6.54 Å². The van der Waals surface area contributed by atoms with Gasteiger partial charge in [0.15, 0.2) is 0 Å². The van der Waals surface area contributed by atoms with Crippen LogP contribution in [0.3, 0.4) is 0 Å². The molecule has 4 rings (SSSR count). The molecular weight excluding hydrogens is 312 g/mol. The molecule has 6 heteroatoms. The van der Waals surface area contributed by atoms with Gasteiger partial charge in [0.05, 0.1) is 34.7 Å². The van der Waals surface area contributed by atoms with Crippen molar-refractivity contribution in [3.63, 3.8) is 0 Å². The molecule has 3 aromatic rings. The van der Waals surface area contributed by atoms with Crippen molar-refractivity contribution in [3.05, 3.63) is 47.0 Å². The molecule has 0 unspecified atom stereocenters. The Morgan fingerprint density at radius 3 is 3.00 bits per heavy atom. The largest absolute Gasteiger partial charge is 0.371 e. The quantitative estimate of drug-likeness (QED) is 0.733. The third-order valence-corrected chi connectivity index (χ3v) is 5.80. The van der Waals surface area contributed by atoms with Gasteiger partial charge in [-0.25, -0.2) is 4.98 Å². The maximum absolute atomic E-state index is 4.79. The Bertz CT molecular complexity index is 766. The zero-order valence-electron chi connectivity index (χ0n) is 12.3. The van der Waals surface area contributed by atoms with Gasteiger partial charge in [-0.2, -0.15) is 0 Å². The predicted octanol–water partition coefficient (Wildman–Crippen LogP) is 3.72. The van der Waals surface area contributed by atoms with E-state index in [2.05, 4.69) is 50.8 Å². The Morgan fingerprint density at radius 2 is 2.14 bits per heavy atom. The maximum Gasteiger partial charge on any atom is 0.133 e. The van der Waals surface area contributed by atoms with Crippen molar-refractivity contribution in [1.82, 2.24) is 9.97 Å². The molecule has 4 nitrogen and oxygen atoms in total. The van der Waals surface area contributed by atoms with E-state index in [0.717, 1.165) is 30.3 Å². The van der Waals surface area contributed by atoms with Gasteiger partial charge in [0.2, 0.25) is 0 Å². The van der Waals surface area contributed by atoms with Crippen molar-refractivity contribution in [2.75, 3.05) is 29.9 Å². The van der Waals surface area contributed by atoms with Crippen molar-refractivity contribution in [1.29, 1.82) is 0 Å². The fourth-order valence-corrected chi connectivity index (χ4v) is 4.33. The molecule has 0 amide bonds. The second-order valence-electron chi connectivity index (χ2n) is 5.33. The van der Waals surface area contributed by atoms with E-state index in [1.165, 1.54) is 16.3 Å². The van der Waals surface area contributed by atoms with Crippen LogP contribution in [0.4, 0.5) is 11.4 Å². The molecule has 0 radical (unpaired) electrons. The molecule has 0 atom stereocenters. The summed E-state index contributed by atoms with van der Waals surface area (Å²) in [7, 11) is 2.13. The summed E-state index contributed by atoms with van der Waals surface area (Å²) in [6.07, 6.45) is 3.81. The summed E-state index contributed by atoms with van der Waals surface area (Å²) in [6, 6.07) is 6.28. The molecule has 4 heterocycles. The minimum Gasteiger partial charge on any atom is -0.371 e. The number of anilines is 2. The van der Waals surface area contributed by atoms with Gasteiger partial charge in [-0.1, -0.05) is 6.07 Å². The summed E-state index contributed by atoms with van der Waals surface area (Å²) in [5.41, 5.74) is 3.57. The highest BCUT2D eigenvalue weighted by atomic mass is 32.1. The Morgan fingerprint density at radius 1 is 1.18 bits per heavy atom. The van der Waals surface area contributed by atoms with Crippen LogP contribution in [0.2, 0.25) is 0 Å². The first kappa shape index (κ1) is 13.7. The standard InChI is InChI=1S/C16H16N4S2/c1-19-6-7-20(14-9-17-5-4-13(14)19)10-12-11-22-16(18-12)15-3-2-8-21-15/h2-5,8-9,11H,6-7,10H2,1H3. The smallest absolute Gasteiger partial charge is 0.133 e. The number of rotatable bonds is 3. The lowest BCUT2D eigenvalue weighted by molar-refractivity contribution is 0.725. The van der Waals surface area contributed by atoms with Crippen molar-refractivity contribution >= 4 is 34.0 Å². The molecule has 0 spiro atoms. The van der Waals surface area contributed by atoms with Crippen LogP contribution in [0.25, 0.3) is 9.88 Å². The molecular formula is C16H16N4S2. The van der Waals surface area contributed by atoms with Crippen molar-refractivity contribution in [2.24, 2.45) is 0 Å². The molecule has 112 valence electrons. The molecule has 0 saturated heterocycles. The van der Waals surface area contributed by atoms with Gasteiger partial charge >= 0.3 is 0 Å². The fourth-order valence-electron chi connectivity index (χ4n) is 2.71. The Labute approximate surface area is 137 Å². The number of thiazole rings is 1. The average molecular weight is 328 g/mol. The summed E-state index contributed by atoms with van der Waals surface area (Å²) in [5.74, 6) is 0. The van der Waals surface area contributed by atoms with E-state index in [4.69, 9.17) is 4.98 Å². The third-order valence-electron chi connectivity index (χ3n) is 3.87. The fraction of sp³-hybridized carbons (Fsp3) is 0.250. The topological polar surface area (TPSA) is 32.3 Å². The highest BCUT2D eigenvalue weighted by molar-refractivity contribution is 7.20. The molecule has 0 fully saturated rings. The summed E-state index contributed by atoms with van der Waals surface area (Å²) >= 11 is 3.47. The van der Waals surface area contributed by atoms with E-state index >= 15 is 0 Å². The van der Waals surface area contributed by atoms with Crippen molar-refractivity contribution in [2.45, 2.75) is 6.54 Å². The number of fused-ring (bicyclic) bond motifs is 1. The van der Waals surface area contributed by atoms with E-state index in [-0.39, 0.29) is 0 Å². The summed E-state index contributed by atoms with van der Waals surface area (Å²) < 4.78 is 0. The Kier molecular flexibility index (Phi) is 3.56. The monoisotopic (exact) mass is 328 g/mol. The number of pyridine rings is 1. The zero-order valence-corrected chi connectivity index (χ0v) is 13.9. The summed E-state index contributed by atoms with van der Waals surface area (Å²) in [5, 5.41) is 5.38. The Balaban J connectivity index is 1.58. The second kappa shape index (κ2) is 5.70. The van der Waals surface area contributed by atoms with Gasteiger partial charge in [-0.3, -0.25) is 4.98 Å². The molecule has 1 aliphatic heterocycles. The highest BCUT2D eigenvalue weighted by Crippen LogP contribution is 2.33. The van der Waals surface area contributed by atoms with Crippen LogP contribution in [0.5, 0.6) is 0 Å². The zero-order chi connectivity index (χ0) is 14.9. The van der Waals surface area contributed by atoms with Gasteiger partial charge in [0.25, 0.3) is 0 Å². The van der Waals surface area contributed by atoms with Crippen LogP contribution in [0, 0.1) is 0 Å². The van der Waals surface area contributed by atoms with Gasteiger partial charge in [0, 0.05) is 31.7 Å². The molecule has 0 saturated carbocycles. The number of nitrogens with zero attached hydrogens (tertiary/aromatic N) is 4. The van der Waals surface area contributed by atoms with Crippen LogP contribution in [-0.4, -0.2) is 30.1 Å². The molecule has 0 aliphatic carbocycles. The third kappa shape index (κ3) is 2.48. The second-order valence-corrected chi connectivity index (χ2v) is 7.13. The molecule has 1 aliphatic rings. The lowest BCUT2D eigenvalue weighted by Gasteiger charge is -2.36. The van der Waals surface area contributed by atoms with Gasteiger partial charge in [0.1, 0.15) is 5.01 Å². The van der Waals surface area contributed by atoms with E-state index in [0.29, 0.717) is 0 Å². The Hall–Kier alpha value is -1.92.